The second-order valence-electron chi connectivity index (χ2n) is 2.08. The molecule has 0 bridgehead atoms. The van der Waals surface area contributed by atoms with Gasteiger partial charge in [-0.05, 0) is 25.0 Å². The first-order valence-corrected chi connectivity index (χ1v) is 2.83. The van der Waals surface area contributed by atoms with Crippen molar-refractivity contribution in [2.24, 2.45) is 0 Å². The molecule has 48 valence electrons. The Balaban J connectivity index is 0.000000640. The molecule has 0 heterocycles. The fourth-order valence-electron chi connectivity index (χ4n) is 0.663. The van der Waals surface area contributed by atoms with Crippen molar-refractivity contribution in [3.8, 4) is 0 Å². The Bertz CT molecular complexity index is 161. The van der Waals surface area contributed by atoms with Crippen molar-refractivity contribution in [2.45, 2.75) is 13.8 Å². The molecular formula is C8H10S. The summed E-state index contributed by atoms with van der Waals surface area (Å²) in [5.74, 6) is 0. The third-order valence-electron chi connectivity index (χ3n) is 1.43. The molecule has 0 aliphatic carbocycles. The molecular weight excluding hydrogens is 128 g/mol. The molecule has 0 amide bonds. The summed E-state index contributed by atoms with van der Waals surface area (Å²) < 4.78 is 0. The Hall–Kier alpha value is -0.430. The highest BCUT2D eigenvalue weighted by molar-refractivity contribution is 7.59. The molecule has 2 radical (unpaired) electrons. The molecule has 9 heavy (non-hydrogen) atoms. The van der Waals surface area contributed by atoms with E-state index >= 15 is 0 Å². The number of hydrogen-bond donors (Lipinski definition) is 0. The standard InChI is InChI=1S/C8H10.S/c1-7-5-3-4-6-8(7)2;/h3-6H,1-2H3;. The predicted molar refractivity (Wildman–Crippen MR) is 43.5 cm³/mol. The van der Waals surface area contributed by atoms with Gasteiger partial charge in [-0.2, -0.15) is 0 Å². The van der Waals surface area contributed by atoms with Crippen LogP contribution in [0.15, 0.2) is 24.3 Å². The van der Waals surface area contributed by atoms with Gasteiger partial charge in [-0.3, -0.25) is 0 Å². The summed E-state index contributed by atoms with van der Waals surface area (Å²) in [5, 5.41) is 0. The number of rotatable bonds is 0. The van der Waals surface area contributed by atoms with Crippen LogP contribution in [-0.2, 0) is 0 Å². The van der Waals surface area contributed by atoms with Gasteiger partial charge in [0, 0.05) is 13.5 Å². The lowest BCUT2D eigenvalue weighted by atomic mass is 10.1. The summed E-state index contributed by atoms with van der Waals surface area (Å²) in [6, 6.07) is 8.36. The Morgan fingerprint density at radius 2 is 1.22 bits per heavy atom. The largest absolute Gasteiger partial charge is 0.0620 e. The summed E-state index contributed by atoms with van der Waals surface area (Å²) in [5.41, 5.74) is 2.74. The molecule has 0 fully saturated rings. The molecule has 0 saturated carbocycles. The first kappa shape index (κ1) is 8.57. The van der Waals surface area contributed by atoms with Crippen LogP contribution in [0.1, 0.15) is 11.1 Å². The molecule has 0 saturated heterocycles. The molecule has 0 aromatic heterocycles. The molecule has 1 heteroatoms. The smallest absolute Gasteiger partial charge is 0 e. The molecule has 1 aromatic rings. The Kier molecular flexibility index (Phi) is 3.40. The highest BCUT2D eigenvalue weighted by Crippen LogP contribution is 2.02. The van der Waals surface area contributed by atoms with Gasteiger partial charge in [0.15, 0.2) is 0 Å². The van der Waals surface area contributed by atoms with E-state index in [0.29, 0.717) is 0 Å². The minimum absolute atomic E-state index is 0. The van der Waals surface area contributed by atoms with Gasteiger partial charge in [0.1, 0.15) is 0 Å². The van der Waals surface area contributed by atoms with Crippen molar-refractivity contribution < 1.29 is 0 Å². The first-order valence-electron chi connectivity index (χ1n) is 2.83. The van der Waals surface area contributed by atoms with E-state index < -0.39 is 0 Å². The van der Waals surface area contributed by atoms with Crippen LogP contribution in [0.4, 0.5) is 0 Å². The molecule has 1 rings (SSSR count). The first-order chi connectivity index (χ1) is 3.80. The van der Waals surface area contributed by atoms with Crippen LogP contribution in [0, 0.1) is 13.8 Å². The lowest BCUT2D eigenvalue weighted by Crippen LogP contribution is -1.74. The topological polar surface area (TPSA) is 0 Å². The molecule has 0 nitrogen and oxygen atoms in total. The summed E-state index contributed by atoms with van der Waals surface area (Å²) in [4.78, 5) is 0. The molecule has 0 unspecified atom stereocenters. The predicted octanol–water partition coefficient (Wildman–Crippen LogP) is 2.95. The lowest BCUT2D eigenvalue weighted by molar-refractivity contribution is 1.34. The maximum absolute atomic E-state index is 2.12. The molecule has 0 spiro atoms. The fourth-order valence-corrected chi connectivity index (χ4v) is 0.663. The summed E-state index contributed by atoms with van der Waals surface area (Å²) >= 11 is 0. The Morgan fingerprint density at radius 3 is 1.44 bits per heavy atom. The van der Waals surface area contributed by atoms with E-state index in [2.05, 4.69) is 38.1 Å². The van der Waals surface area contributed by atoms with E-state index in [-0.39, 0.29) is 13.5 Å². The summed E-state index contributed by atoms with van der Waals surface area (Å²) in [6.45, 7) is 4.24. The zero-order chi connectivity index (χ0) is 5.98. The van der Waals surface area contributed by atoms with Gasteiger partial charge in [0.2, 0.25) is 0 Å². The monoisotopic (exact) mass is 138 g/mol. The van der Waals surface area contributed by atoms with Gasteiger partial charge < -0.3 is 0 Å². The van der Waals surface area contributed by atoms with Gasteiger partial charge in [0.25, 0.3) is 0 Å². The van der Waals surface area contributed by atoms with Crippen LogP contribution in [0.3, 0.4) is 0 Å². The fraction of sp³-hybridized carbons (Fsp3) is 0.250. The maximum Gasteiger partial charge on any atom is 0 e. The van der Waals surface area contributed by atoms with Gasteiger partial charge >= 0.3 is 0 Å². The van der Waals surface area contributed by atoms with Gasteiger partial charge in [-0.25, -0.2) is 0 Å². The van der Waals surface area contributed by atoms with Crippen LogP contribution in [0.2, 0.25) is 0 Å². The van der Waals surface area contributed by atoms with Gasteiger partial charge in [-0.15, -0.1) is 0 Å². The summed E-state index contributed by atoms with van der Waals surface area (Å²) in [7, 11) is 0. The van der Waals surface area contributed by atoms with Crippen molar-refractivity contribution in [3.63, 3.8) is 0 Å². The lowest BCUT2D eigenvalue weighted by Gasteiger charge is -1.93. The van der Waals surface area contributed by atoms with Crippen molar-refractivity contribution in [1.29, 1.82) is 0 Å². The molecule has 1 aromatic carbocycles. The van der Waals surface area contributed by atoms with E-state index in [1.807, 2.05) is 0 Å². The van der Waals surface area contributed by atoms with Crippen LogP contribution in [-0.4, -0.2) is 0 Å². The molecule has 0 aliphatic heterocycles. The SMILES string of the molecule is Cc1ccccc1C.[S]. The summed E-state index contributed by atoms with van der Waals surface area (Å²) in [6.07, 6.45) is 0. The number of benzene rings is 1. The minimum Gasteiger partial charge on any atom is -0.0620 e. The van der Waals surface area contributed by atoms with E-state index in [4.69, 9.17) is 0 Å². The second-order valence-corrected chi connectivity index (χ2v) is 2.08. The van der Waals surface area contributed by atoms with Crippen molar-refractivity contribution >= 4 is 13.5 Å². The zero-order valence-corrected chi connectivity index (χ0v) is 6.53. The quantitative estimate of drug-likeness (QED) is 0.517. The van der Waals surface area contributed by atoms with Gasteiger partial charge in [0.05, 0.1) is 0 Å². The maximum atomic E-state index is 2.12. The van der Waals surface area contributed by atoms with E-state index in [9.17, 15) is 0 Å². The van der Waals surface area contributed by atoms with Crippen LogP contribution in [0.5, 0.6) is 0 Å². The minimum atomic E-state index is 0. The zero-order valence-electron chi connectivity index (χ0n) is 5.72. The van der Waals surface area contributed by atoms with Crippen molar-refractivity contribution in [3.05, 3.63) is 35.4 Å². The average Bonchev–Trinajstić information content (AvgIpc) is 1.77. The third-order valence-corrected chi connectivity index (χ3v) is 1.43. The highest BCUT2D eigenvalue weighted by atomic mass is 32.1. The van der Waals surface area contributed by atoms with Gasteiger partial charge in [-0.1, -0.05) is 24.3 Å². The number of aryl methyl sites for hydroxylation is 2. The molecule has 0 atom stereocenters. The van der Waals surface area contributed by atoms with Crippen LogP contribution in [0.25, 0.3) is 0 Å². The Labute approximate surface area is 63.4 Å². The normalized spacial score (nSPS) is 8.22. The van der Waals surface area contributed by atoms with E-state index in [1.165, 1.54) is 11.1 Å². The Morgan fingerprint density at radius 1 is 0.889 bits per heavy atom. The van der Waals surface area contributed by atoms with Crippen molar-refractivity contribution in [2.75, 3.05) is 0 Å². The average molecular weight is 138 g/mol. The molecule has 0 aliphatic rings. The second kappa shape index (κ2) is 3.57. The third kappa shape index (κ3) is 2.10. The van der Waals surface area contributed by atoms with Crippen LogP contribution >= 0.6 is 13.5 Å². The highest BCUT2D eigenvalue weighted by Gasteiger charge is 1.83. The molecule has 0 N–H and O–H groups in total. The van der Waals surface area contributed by atoms with Crippen LogP contribution < -0.4 is 0 Å². The van der Waals surface area contributed by atoms with E-state index in [0.717, 1.165) is 0 Å². The van der Waals surface area contributed by atoms with E-state index in [1.54, 1.807) is 0 Å². The number of hydrogen-bond acceptors (Lipinski definition) is 0. The van der Waals surface area contributed by atoms with Crippen molar-refractivity contribution in [1.82, 2.24) is 0 Å².